The molecular formula is C5H2ClIN4S. The van der Waals surface area contributed by atoms with Crippen LogP contribution in [-0.2, 0) is 0 Å². The molecule has 0 aliphatic carbocycles. The zero-order chi connectivity index (χ0) is 8.55. The first-order valence-electron chi connectivity index (χ1n) is 2.96. The Labute approximate surface area is 89.4 Å². The van der Waals surface area contributed by atoms with Crippen LogP contribution < -0.4 is 0 Å². The van der Waals surface area contributed by atoms with Crippen molar-refractivity contribution in [2.75, 3.05) is 0 Å². The molecule has 0 radical (unpaired) electrons. The Morgan fingerprint density at radius 2 is 2.33 bits per heavy atom. The van der Waals surface area contributed by atoms with Crippen molar-refractivity contribution in [2.24, 2.45) is 0 Å². The van der Waals surface area contributed by atoms with Crippen LogP contribution in [0.25, 0.3) is 11.0 Å². The molecular weight excluding hydrogens is 311 g/mol. The molecule has 0 atom stereocenters. The first-order chi connectivity index (χ1) is 5.83. The number of fused-ring (bicyclic) bond motifs is 1. The molecule has 0 amide bonds. The highest BCUT2D eigenvalue weighted by Gasteiger charge is 2.06. The number of aromatic nitrogens is 4. The van der Waals surface area contributed by atoms with Crippen LogP contribution in [0.2, 0.25) is 5.15 Å². The Kier molecular flexibility index (Phi) is 2.37. The maximum Gasteiger partial charge on any atom is 0.175 e. The average molecular weight is 313 g/mol. The third kappa shape index (κ3) is 1.27. The highest BCUT2D eigenvalue weighted by molar-refractivity contribution is 14.2. The Bertz CT molecular complexity index is 417. The van der Waals surface area contributed by atoms with Gasteiger partial charge in [0.25, 0.3) is 0 Å². The van der Waals surface area contributed by atoms with Gasteiger partial charge in [0.05, 0.1) is 20.7 Å². The molecule has 2 aromatic heterocycles. The van der Waals surface area contributed by atoms with Crippen LogP contribution >= 0.6 is 41.9 Å². The molecule has 0 spiro atoms. The summed E-state index contributed by atoms with van der Waals surface area (Å²) in [6.07, 6.45) is 3.08. The van der Waals surface area contributed by atoms with Crippen LogP contribution in [0.15, 0.2) is 12.5 Å². The van der Waals surface area contributed by atoms with E-state index in [0.29, 0.717) is 5.15 Å². The summed E-state index contributed by atoms with van der Waals surface area (Å²) in [5.41, 5.74) is 0.745. The summed E-state index contributed by atoms with van der Waals surface area (Å²) < 4.78 is 1.68. The number of halogens is 2. The zero-order valence-electron chi connectivity index (χ0n) is 5.61. The quantitative estimate of drug-likeness (QED) is 0.599. The minimum atomic E-state index is 0.441. The van der Waals surface area contributed by atoms with Gasteiger partial charge in [0.15, 0.2) is 5.65 Å². The number of nitrogens with zero attached hydrogens (tertiary/aromatic N) is 4. The van der Waals surface area contributed by atoms with Crippen molar-refractivity contribution in [2.45, 2.75) is 0 Å². The van der Waals surface area contributed by atoms with E-state index < -0.39 is 0 Å². The van der Waals surface area contributed by atoms with Crippen LogP contribution in [-0.4, -0.2) is 19.2 Å². The Morgan fingerprint density at radius 3 is 3.08 bits per heavy atom. The smallest absolute Gasteiger partial charge is 0.175 e. The summed E-state index contributed by atoms with van der Waals surface area (Å²) in [4.78, 5) is 7.90. The summed E-state index contributed by atoms with van der Waals surface area (Å²) in [5, 5.41) is 5.28. The molecule has 2 aromatic rings. The lowest BCUT2D eigenvalue weighted by molar-refractivity contribution is 1.03. The molecule has 0 N–H and O–H groups in total. The maximum absolute atomic E-state index is 5.81. The van der Waals surface area contributed by atoms with Gasteiger partial charge in [-0.3, -0.25) is 0 Å². The third-order valence-corrected chi connectivity index (χ3v) is 3.17. The van der Waals surface area contributed by atoms with Crippen molar-refractivity contribution in [3.05, 3.63) is 17.7 Å². The molecule has 7 heteroatoms. The Hall–Kier alpha value is -0.0800. The van der Waals surface area contributed by atoms with Gasteiger partial charge in [-0.15, -0.1) is 0 Å². The van der Waals surface area contributed by atoms with E-state index >= 15 is 0 Å². The Balaban J connectivity index is 2.80. The largest absolute Gasteiger partial charge is 0.224 e. The van der Waals surface area contributed by atoms with E-state index in [1.54, 1.807) is 10.3 Å². The Morgan fingerprint density at radius 1 is 1.50 bits per heavy atom. The second kappa shape index (κ2) is 3.35. The SMILES string of the molecule is Clc1ncnc2c1cnn2SI. The molecule has 0 bridgehead atoms. The molecule has 0 fully saturated rings. The highest BCUT2D eigenvalue weighted by Crippen LogP contribution is 2.23. The average Bonchev–Trinajstić information content (AvgIpc) is 2.49. The van der Waals surface area contributed by atoms with Gasteiger partial charge in [0.1, 0.15) is 11.5 Å². The number of hydrogen-bond donors (Lipinski definition) is 0. The van der Waals surface area contributed by atoms with Gasteiger partial charge >= 0.3 is 0 Å². The first kappa shape index (κ1) is 8.52. The molecule has 0 aromatic carbocycles. The molecule has 0 aliphatic heterocycles. The molecule has 2 rings (SSSR count). The fourth-order valence-corrected chi connectivity index (χ4v) is 2.18. The second-order valence-corrected chi connectivity index (χ2v) is 4.01. The lowest BCUT2D eigenvalue weighted by atomic mass is 10.4. The molecule has 12 heavy (non-hydrogen) atoms. The number of hydrogen-bond acceptors (Lipinski definition) is 4. The summed E-state index contributed by atoms with van der Waals surface area (Å²) >= 11 is 7.93. The molecule has 0 unspecified atom stereocenters. The monoisotopic (exact) mass is 312 g/mol. The molecule has 0 aliphatic rings. The molecule has 2 heterocycles. The predicted octanol–water partition coefficient (Wildman–Crippen LogP) is 2.33. The van der Waals surface area contributed by atoms with Crippen molar-refractivity contribution in [1.29, 1.82) is 0 Å². The van der Waals surface area contributed by atoms with E-state index in [1.807, 2.05) is 0 Å². The van der Waals surface area contributed by atoms with Gasteiger partial charge in [-0.2, -0.15) is 9.19 Å². The van der Waals surface area contributed by atoms with Crippen LogP contribution in [0.4, 0.5) is 0 Å². The first-order valence-corrected chi connectivity index (χ1v) is 6.65. The van der Waals surface area contributed by atoms with Gasteiger partial charge in [0, 0.05) is 21.2 Å². The van der Waals surface area contributed by atoms with E-state index in [2.05, 4.69) is 36.3 Å². The van der Waals surface area contributed by atoms with E-state index in [9.17, 15) is 0 Å². The van der Waals surface area contributed by atoms with E-state index in [1.165, 1.54) is 15.4 Å². The van der Waals surface area contributed by atoms with Crippen molar-refractivity contribution >= 4 is 53.0 Å². The van der Waals surface area contributed by atoms with Crippen LogP contribution in [0.5, 0.6) is 0 Å². The van der Waals surface area contributed by atoms with Gasteiger partial charge < -0.3 is 0 Å². The summed E-state index contributed by atoms with van der Waals surface area (Å²) in [7, 11) is 1.44. The summed E-state index contributed by atoms with van der Waals surface area (Å²) in [5.74, 6) is 0. The van der Waals surface area contributed by atoms with Crippen molar-refractivity contribution in [3.63, 3.8) is 0 Å². The summed E-state index contributed by atoms with van der Waals surface area (Å²) in [6.45, 7) is 0. The highest BCUT2D eigenvalue weighted by atomic mass is 127. The van der Waals surface area contributed by atoms with Crippen LogP contribution in [0, 0.1) is 0 Å². The van der Waals surface area contributed by atoms with E-state index in [4.69, 9.17) is 11.6 Å². The van der Waals surface area contributed by atoms with Gasteiger partial charge in [-0.1, -0.05) is 11.6 Å². The zero-order valence-corrected chi connectivity index (χ0v) is 9.34. The minimum Gasteiger partial charge on any atom is -0.224 e. The van der Waals surface area contributed by atoms with Crippen molar-refractivity contribution in [1.82, 2.24) is 19.2 Å². The minimum absolute atomic E-state index is 0.441. The number of rotatable bonds is 1. The standard InChI is InChI=1S/C5H2ClIN4S/c6-4-3-1-10-11(12-7)5(3)9-2-8-4/h1-2H. The fourth-order valence-electron chi connectivity index (χ4n) is 0.844. The van der Waals surface area contributed by atoms with Gasteiger partial charge in [-0.05, 0) is 0 Å². The lowest BCUT2D eigenvalue weighted by Gasteiger charge is -1.93. The molecule has 0 saturated heterocycles. The van der Waals surface area contributed by atoms with Gasteiger partial charge in [0.2, 0.25) is 0 Å². The lowest BCUT2D eigenvalue weighted by Crippen LogP contribution is -1.87. The maximum atomic E-state index is 5.81. The predicted molar refractivity (Wildman–Crippen MR) is 57.3 cm³/mol. The summed E-state index contributed by atoms with van der Waals surface area (Å²) in [6, 6.07) is 0. The molecule has 4 nitrogen and oxygen atoms in total. The van der Waals surface area contributed by atoms with E-state index in [0.717, 1.165) is 11.0 Å². The van der Waals surface area contributed by atoms with Gasteiger partial charge in [-0.25, -0.2) is 9.97 Å². The van der Waals surface area contributed by atoms with Crippen LogP contribution in [0.1, 0.15) is 0 Å². The van der Waals surface area contributed by atoms with Crippen LogP contribution in [0.3, 0.4) is 0 Å². The van der Waals surface area contributed by atoms with Crippen molar-refractivity contribution < 1.29 is 0 Å². The topological polar surface area (TPSA) is 43.6 Å². The normalized spacial score (nSPS) is 10.8. The molecule has 0 saturated carbocycles. The second-order valence-electron chi connectivity index (χ2n) is 1.99. The van der Waals surface area contributed by atoms with E-state index in [-0.39, 0.29) is 0 Å². The van der Waals surface area contributed by atoms with Crippen molar-refractivity contribution in [3.8, 4) is 0 Å². The fraction of sp³-hybridized carbons (Fsp3) is 0. The molecule has 62 valence electrons. The third-order valence-electron chi connectivity index (χ3n) is 1.35.